The Morgan fingerprint density at radius 2 is 1.81 bits per heavy atom. The third-order valence-corrected chi connectivity index (χ3v) is 3.47. The van der Waals surface area contributed by atoms with Gasteiger partial charge in [-0.15, -0.1) is 0 Å². The number of nitrogens with zero attached hydrogens (tertiary/aromatic N) is 1. The van der Waals surface area contributed by atoms with Crippen molar-refractivity contribution in [3.8, 4) is 0 Å². The molecule has 0 saturated carbocycles. The first kappa shape index (κ1) is 20.9. The van der Waals surface area contributed by atoms with Crippen LogP contribution in [0.2, 0.25) is 0 Å². The van der Waals surface area contributed by atoms with Gasteiger partial charge in [-0.05, 0) is 31.4 Å². The lowest BCUT2D eigenvalue weighted by Gasteiger charge is -2.18. The molecule has 0 spiro atoms. The third-order valence-electron chi connectivity index (χ3n) is 3.47. The maximum Gasteiger partial charge on any atom is 0.303 e. The maximum absolute atomic E-state index is 12.3. The SMILES string of the molecule is NC(N)=NCCC[C@H](NC(=O)c1ccccc1)C(=O)NCCCC(=O)O. The number of carboxylic acid groups (broad SMARTS) is 1. The Kier molecular flexibility index (Phi) is 9.23. The summed E-state index contributed by atoms with van der Waals surface area (Å²) in [7, 11) is 0. The van der Waals surface area contributed by atoms with E-state index >= 15 is 0 Å². The molecule has 1 atom stereocenters. The Morgan fingerprint density at radius 1 is 1.12 bits per heavy atom. The minimum atomic E-state index is -0.926. The van der Waals surface area contributed by atoms with Crippen LogP contribution in [0.4, 0.5) is 0 Å². The summed E-state index contributed by atoms with van der Waals surface area (Å²) in [6.45, 7) is 0.559. The van der Waals surface area contributed by atoms with Crippen molar-refractivity contribution in [3.05, 3.63) is 35.9 Å². The molecule has 26 heavy (non-hydrogen) atoms. The highest BCUT2D eigenvalue weighted by molar-refractivity contribution is 5.97. The second kappa shape index (κ2) is 11.5. The Bertz CT molecular complexity index is 629. The molecule has 9 heteroatoms. The summed E-state index contributed by atoms with van der Waals surface area (Å²) in [4.78, 5) is 39.0. The van der Waals surface area contributed by atoms with E-state index in [1.54, 1.807) is 30.3 Å². The van der Waals surface area contributed by atoms with Crippen molar-refractivity contribution in [2.75, 3.05) is 13.1 Å². The van der Waals surface area contributed by atoms with E-state index in [1.807, 2.05) is 0 Å². The first-order valence-electron chi connectivity index (χ1n) is 8.31. The lowest BCUT2D eigenvalue weighted by Crippen LogP contribution is -2.47. The van der Waals surface area contributed by atoms with Gasteiger partial charge in [-0.3, -0.25) is 19.4 Å². The van der Waals surface area contributed by atoms with Gasteiger partial charge in [-0.2, -0.15) is 0 Å². The Morgan fingerprint density at radius 3 is 2.42 bits per heavy atom. The van der Waals surface area contributed by atoms with Crippen LogP contribution in [0.25, 0.3) is 0 Å². The molecule has 0 aromatic heterocycles. The van der Waals surface area contributed by atoms with Crippen molar-refractivity contribution in [1.82, 2.24) is 10.6 Å². The summed E-state index contributed by atoms with van der Waals surface area (Å²) in [5, 5.41) is 14.0. The fourth-order valence-corrected chi connectivity index (χ4v) is 2.18. The summed E-state index contributed by atoms with van der Waals surface area (Å²) in [5.74, 6) is -1.69. The molecular formula is C17H25N5O4. The van der Waals surface area contributed by atoms with Gasteiger partial charge < -0.3 is 27.2 Å². The molecule has 0 bridgehead atoms. The average Bonchev–Trinajstić information content (AvgIpc) is 2.61. The molecule has 1 aromatic carbocycles. The standard InChI is InChI=1S/C17H25N5O4/c18-17(19)21-11-4-8-13(16(26)20-10-5-9-14(23)24)22-15(25)12-6-2-1-3-7-12/h1-3,6-7,13H,4-5,8-11H2,(H,20,26)(H,22,25)(H,23,24)(H4,18,19,21)/t13-/m0/s1. The number of hydrogen-bond donors (Lipinski definition) is 5. The van der Waals surface area contributed by atoms with Crippen molar-refractivity contribution >= 4 is 23.7 Å². The first-order chi connectivity index (χ1) is 12.4. The van der Waals surface area contributed by atoms with Gasteiger partial charge in [-0.1, -0.05) is 18.2 Å². The van der Waals surface area contributed by atoms with Crippen LogP contribution in [0.5, 0.6) is 0 Å². The van der Waals surface area contributed by atoms with Gasteiger partial charge in [0.25, 0.3) is 5.91 Å². The van der Waals surface area contributed by atoms with E-state index in [9.17, 15) is 14.4 Å². The van der Waals surface area contributed by atoms with Gasteiger partial charge in [-0.25, -0.2) is 0 Å². The molecule has 2 amide bonds. The molecule has 1 rings (SSSR count). The highest BCUT2D eigenvalue weighted by atomic mass is 16.4. The number of amides is 2. The number of nitrogens with one attached hydrogen (secondary N) is 2. The van der Waals surface area contributed by atoms with E-state index in [0.717, 1.165) is 0 Å². The van der Waals surface area contributed by atoms with E-state index in [2.05, 4.69) is 15.6 Å². The van der Waals surface area contributed by atoms with E-state index in [4.69, 9.17) is 16.6 Å². The number of carboxylic acids is 1. The topological polar surface area (TPSA) is 160 Å². The number of rotatable bonds is 11. The molecule has 9 nitrogen and oxygen atoms in total. The number of carbonyl (C=O) groups is 3. The smallest absolute Gasteiger partial charge is 0.303 e. The predicted molar refractivity (Wildman–Crippen MR) is 97.5 cm³/mol. The van der Waals surface area contributed by atoms with E-state index in [1.165, 1.54) is 0 Å². The lowest BCUT2D eigenvalue weighted by atomic mass is 10.1. The van der Waals surface area contributed by atoms with Crippen molar-refractivity contribution in [2.24, 2.45) is 16.5 Å². The normalized spacial score (nSPS) is 11.2. The van der Waals surface area contributed by atoms with E-state index < -0.39 is 12.0 Å². The van der Waals surface area contributed by atoms with Crippen LogP contribution in [0.15, 0.2) is 35.3 Å². The molecule has 0 heterocycles. The van der Waals surface area contributed by atoms with Gasteiger partial charge in [0.15, 0.2) is 5.96 Å². The first-order valence-corrected chi connectivity index (χ1v) is 8.31. The molecule has 0 fully saturated rings. The zero-order valence-electron chi connectivity index (χ0n) is 14.5. The summed E-state index contributed by atoms with van der Waals surface area (Å²) >= 11 is 0. The predicted octanol–water partition coefficient (Wildman–Crippen LogP) is -0.180. The number of aliphatic carboxylic acids is 1. The number of aliphatic imine (C=N–C) groups is 1. The van der Waals surface area contributed by atoms with Gasteiger partial charge in [0.1, 0.15) is 6.04 Å². The summed E-state index contributed by atoms with van der Waals surface area (Å²) in [5.41, 5.74) is 11.0. The fourth-order valence-electron chi connectivity index (χ4n) is 2.18. The van der Waals surface area contributed by atoms with Gasteiger partial charge in [0.05, 0.1) is 0 Å². The number of hydrogen-bond acceptors (Lipinski definition) is 4. The van der Waals surface area contributed by atoms with Crippen LogP contribution >= 0.6 is 0 Å². The molecule has 0 saturated heterocycles. The second-order valence-corrected chi connectivity index (χ2v) is 5.63. The molecule has 142 valence electrons. The molecule has 0 radical (unpaired) electrons. The average molecular weight is 363 g/mol. The highest BCUT2D eigenvalue weighted by Gasteiger charge is 2.20. The Hall–Kier alpha value is -3.10. The van der Waals surface area contributed by atoms with Gasteiger partial charge in [0, 0.05) is 25.1 Å². The number of benzene rings is 1. The Balaban J connectivity index is 2.62. The largest absolute Gasteiger partial charge is 0.481 e. The van der Waals surface area contributed by atoms with Gasteiger partial charge in [0.2, 0.25) is 5.91 Å². The summed E-state index contributed by atoms with van der Waals surface area (Å²) in [6, 6.07) is 7.79. The van der Waals surface area contributed by atoms with Crippen LogP contribution in [-0.2, 0) is 9.59 Å². The monoisotopic (exact) mass is 363 g/mol. The van der Waals surface area contributed by atoms with Crippen molar-refractivity contribution in [1.29, 1.82) is 0 Å². The third kappa shape index (κ3) is 8.67. The molecule has 0 aliphatic rings. The van der Waals surface area contributed by atoms with Crippen molar-refractivity contribution < 1.29 is 19.5 Å². The molecular weight excluding hydrogens is 338 g/mol. The number of carbonyl (C=O) groups excluding carboxylic acids is 2. The molecule has 0 aliphatic carbocycles. The maximum atomic E-state index is 12.3. The second-order valence-electron chi connectivity index (χ2n) is 5.63. The minimum absolute atomic E-state index is 0.0343. The highest BCUT2D eigenvalue weighted by Crippen LogP contribution is 2.03. The zero-order valence-corrected chi connectivity index (χ0v) is 14.5. The minimum Gasteiger partial charge on any atom is -0.481 e. The number of guanidine groups is 1. The lowest BCUT2D eigenvalue weighted by molar-refractivity contribution is -0.137. The van der Waals surface area contributed by atoms with Crippen LogP contribution in [0, 0.1) is 0 Å². The number of nitrogens with two attached hydrogens (primary N) is 2. The van der Waals surface area contributed by atoms with E-state index in [-0.39, 0.29) is 30.7 Å². The quantitative estimate of drug-likeness (QED) is 0.208. The van der Waals surface area contributed by atoms with Crippen molar-refractivity contribution in [2.45, 2.75) is 31.7 Å². The van der Waals surface area contributed by atoms with E-state index in [0.29, 0.717) is 31.4 Å². The zero-order chi connectivity index (χ0) is 19.4. The van der Waals surface area contributed by atoms with Crippen LogP contribution in [0.1, 0.15) is 36.0 Å². The molecule has 0 aliphatic heterocycles. The molecule has 0 unspecified atom stereocenters. The van der Waals surface area contributed by atoms with Crippen LogP contribution in [0.3, 0.4) is 0 Å². The van der Waals surface area contributed by atoms with Crippen LogP contribution < -0.4 is 22.1 Å². The van der Waals surface area contributed by atoms with Crippen LogP contribution in [-0.4, -0.2) is 48.0 Å². The summed E-state index contributed by atoms with van der Waals surface area (Å²) in [6.07, 6.45) is 1.13. The fraction of sp³-hybridized carbons (Fsp3) is 0.412. The molecule has 1 aromatic rings. The van der Waals surface area contributed by atoms with Crippen molar-refractivity contribution in [3.63, 3.8) is 0 Å². The van der Waals surface area contributed by atoms with Gasteiger partial charge >= 0.3 is 5.97 Å². The molecule has 7 N–H and O–H groups in total. The summed E-state index contributed by atoms with van der Waals surface area (Å²) < 4.78 is 0. The Labute approximate surface area is 151 Å².